The van der Waals surface area contributed by atoms with Crippen LogP contribution in [0, 0.1) is 5.92 Å². The van der Waals surface area contributed by atoms with E-state index in [0.717, 1.165) is 38.8 Å². The largest absolute Gasteiger partial charge is 0.481 e. The van der Waals surface area contributed by atoms with Gasteiger partial charge in [-0.1, -0.05) is 0 Å². The highest BCUT2D eigenvalue weighted by atomic mass is 16.5. The minimum atomic E-state index is 0.120. The molecule has 7 heteroatoms. The van der Waals surface area contributed by atoms with Crippen LogP contribution >= 0.6 is 0 Å². The van der Waals surface area contributed by atoms with Crippen LogP contribution in [0.3, 0.4) is 0 Å². The van der Waals surface area contributed by atoms with Crippen molar-refractivity contribution in [3.63, 3.8) is 0 Å². The molecule has 2 atom stereocenters. The molecule has 26 heavy (non-hydrogen) atoms. The van der Waals surface area contributed by atoms with Gasteiger partial charge in [0.25, 0.3) is 0 Å². The summed E-state index contributed by atoms with van der Waals surface area (Å²) in [6.45, 7) is 1.63. The van der Waals surface area contributed by atoms with Gasteiger partial charge >= 0.3 is 0 Å². The number of piperidine rings is 2. The second-order valence-electron chi connectivity index (χ2n) is 7.87. The summed E-state index contributed by atoms with van der Waals surface area (Å²) >= 11 is 0. The number of rotatable bonds is 4. The average Bonchev–Trinajstić information content (AvgIpc) is 3.04. The number of amides is 1. The van der Waals surface area contributed by atoms with Crippen molar-refractivity contribution >= 4 is 11.9 Å². The molecule has 0 radical (unpaired) electrons. The number of methoxy groups -OCH3 is 1. The van der Waals surface area contributed by atoms with Gasteiger partial charge in [-0.25, -0.2) is 4.98 Å². The van der Waals surface area contributed by atoms with Crippen LogP contribution in [0.15, 0.2) is 12.3 Å². The molecule has 3 aliphatic rings. The van der Waals surface area contributed by atoms with E-state index in [0.29, 0.717) is 35.9 Å². The molecule has 2 bridgehead atoms. The maximum Gasteiger partial charge on any atom is 0.228 e. The molecule has 0 saturated carbocycles. The van der Waals surface area contributed by atoms with Crippen molar-refractivity contribution in [3.8, 4) is 5.88 Å². The molecule has 1 aromatic rings. The molecule has 1 aromatic heterocycles. The second-order valence-corrected chi connectivity index (χ2v) is 7.87. The summed E-state index contributed by atoms with van der Waals surface area (Å²) in [5, 5.41) is 3.66. The van der Waals surface area contributed by atoms with E-state index in [1.54, 1.807) is 19.4 Å². The van der Waals surface area contributed by atoms with Gasteiger partial charge < -0.3 is 19.9 Å². The fraction of sp³-hybridized carbons (Fsp3) is 0.737. The van der Waals surface area contributed by atoms with Crippen LogP contribution in [-0.2, 0) is 4.79 Å². The quantitative estimate of drug-likeness (QED) is 0.877. The van der Waals surface area contributed by atoms with Crippen LogP contribution in [0.4, 0.5) is 5.95 Å². The topological polar surface area (TPSA) is 70.6 Å². The molecule has 3 aliphatic heterocycles. The Morgan fingerprint density at radius 2 is 1.92 bits per heavy atom. The molecular weight excluding hydrogens is 330 g/mol. The van der Waals surface area contributed by atoms with Crippen LogP contribution in [0.1, 0.15) is 38.5 Å². The first-order valence-electron chi connectivity index (χ1n) is 9.78. The lowest BCUT2D eigenvalue weighted by molar-refractivity contribution is -0.137. The predicted molar refractivity (Wildman–Crippen MR) is 99.3 cm³/mol. The fourth-order valence-corrected chi connectivity index (χ4v) is 4.74. The number of nitrogens with zero attached hydrogens (tertiary/aromatic N) is 4. The molecule has 1 N–H and O–H groups in total. The van der Waals surface area contributed by atoms with Gasteiger partial charge in [-0.05, 0) is 38.5 Å². The summed E-state index contributed by atoms with van der Waals surface area (Å²) in [5.74, 6) is 1.71. The number of carbonyl (C=O) groups excluding carboxylic acids is 1. The number of fused-ring (bicyclic) bond motifs is 2. The minimum absolute atomic E-state index is 0.120. The third-order valence-electron chi connectivity index (χ3n) is 6.30. The van der Waals surface area contributed by atoms with Gasteiger partial charge in [0.05, 0.1) is 7.11 Å². The second kappa shape index (κ2) is 7.39. The van der Waals surface area contributed by atoms with Crippen LogP contribution in [0.2, 0.25) is 0 Å². The monoisotopic (exact) mass is 359 g/mol. The van der Waals surface area contributed by atoms with Gasteiger partial charge in [0, 0.05) is 56.4 Å². The van der Waals surface area contributed by atoms with Crippen molar-refractivity contribution in [2.24, 2.45) is 5.92 Å². The van der Waals surface area contributed by atoms with Gasteiger partial charge in [0.2, 0.25) is 17.7 Å². The lowest BCUT2D eigenvalue weighted by Gasteiger charge is -2.39. The predicted octanol–water partition coefficient (Wildman–Crippen LogP) is 1.44. The van der Waals surface area contributed by atoms with E-state index in [1.807, 2.05) is 7.05 Å². The van der Waals surface area contributed by atoms with E-state index in [9.17, 15) is 4.79 Å². The minimum Gasteiger partial charge on any atom is -0.481 e. The molecular formula is C19H29N5O2. The lowest BCUT2D eigenvalue weighted by atomic mass is 9.92. The fourth-order valence-electron chi connectivity index (χ4n) is 4.74. The van der Waals surface area contributed by atoms with E-state index in [1.165, 1.54) is 12.8 Å². The number of anilines is 1. The lowest BCUT2D eigenvalue weighted by Crippen LogP contribution is -2.51. The Morgan fingerprint density at radius 1 is 1.23 bits per heavy atom. The zero-order chi connectivity index (χ0) is 18.1. The van der Waals surface area contributed by atoms with Crippen LogP contribution < -0.4 is 15.0 Å². The van der Waals surface area contributed by atoms with E-state index < -0.39 is 0 Å². The highest BCUT2D eigenvalue weighted by Crippen LogP contribution is 2.31. The molecule has 2 unspecified atom stereocenters. The third-order valence-corrected chi connectivity index (χ3v) is 6.30. The SMILES string of the molecule is COc1ccnc(N2CCC(C(=O)N(C)C3CC4CCC(C3)N4)CC2)n1. The van der Waals surface area contributed by atoms with Crippen LogP contribution in [0.5, 0.6) is 5.88 Å². The Labute approximate surface area is 155 Å². The Morgan fingerprint density at radius 3 is 2.58 bits per heavy atom. The Bertz CT molecular complexity index is 635. The summed E-state index contributed by atoms with van der Waals surface area (Å²) in [4.78, 5) is 26.0. The van der Waals surface area contributed by atoms with Crippen LogP contribution in [0.25, 0.3) is 0 Å². The Hall–Kier alpha value is -1.89. The number of carbonyl (C=O) groups is 1. The summed E-state index contributed by atoms with van der Waals surface area (Å²) in [5.41, 5.74) is 0. The number of aromatic nitrogens is 2. The van der Waals surface area contributed by atoms with Gasteiger partial charge in [0.15, 0.2) is 0 Å². The first kappa shape index (κ1) is 17.5. The van der Waals surface area contributed by atoms with E-state index in [-0.39, 0.29) is 5.92 Å². The number of hydrogen-bond acceptors (Lipinski definition) is 6. The van der Waals surface area contributed by atoms with Crippen molar-refractivity contribution in [1.29, 1.82) is 0 Å². The number of nitrogens with one attached hydrogen (secondary N) is 1. The summed E-state index contributed by atoms with van der Waals surface area (Å²) in [6.07, 6.45) is 8.19. The molecule has 1 amide bonds. The van der Waals surface area contributed by atoms with E-state index in [2.05, 4.69) is 25.1 Å². The highest BCUT2D eigenvalue weighted by Gasteiger charge is 2.38. The zero-order valence-corrected chi connectivity index (χ0v) is 15.7. The highest BCUT2D eigenvalue weighted by molar-refractivity contribution is 5.79. The maximum absolute atomic E-state index is 13.0. The average molecular weight is 359 g/mol. The van der Waals surface area contributed by atoms with Crippen molar-refractivity contribution in [1.82, 2.24) is 20.2 Å². The molecule has 7 nitrogen and oxygen atoms in total. The first-order valence-corrected chi connectivity index (χ1v) is 9.78. The van der Waals surface area contributed by atoms with Gasteiger partial charge in [-0.3, -0.25) is 4.79 Å². The Balaban J connectivity index is 1.33. The molecule has 142 valence electrons. The number of hydrogen-bond donors (Lipinski definition) is 1. The molecule has 0 aromatic carbocycles. The standard InChI is InChI=1S/C19H29N5O2/c1-23(16-11-14-3-4-15(12-16)21-14)18(25)13-6-9-24(10-7-13)19-20-8-5-17(22-19)26-2/h5,8,13-16,21H,3-4,6-7,9-12H2,1-2H3. The van der Waals surface area contributed by atoms with Crippen LogP contribution in [-0.4, -0.2) is 66.1 Å². The molecule has 3 saturated heterocycles. The van der Waals surface area contributed by atoms with E-state index >= 15 is 0 Å². The number of ether oxygens (including phenoxy) is 1. The molecule has 4 heterocycles. The van der Waals surface area contributed by atoms with Crippen molar-refractivity contribution < 1.29 is 9.53 Å². The van der Waals surface area contributed by atoms with Gasteiger partial charge in [0.1, 0.15) is 0 Å². The zero-order valence-electron chi connectivity index (χ0n) is 15.7. The van der Waals surface area contributed by atoms with Gasteiger partial charge in [-0.15, -0.1) is 0 Å². The maximum atomic E-state index is 13.0. The van der Waals surface area contributed by atoms with E-state index in [4.69, 9.17) is 4.74 Å². The smallest absolute Gasteiger partial charge is 0.228 e. The molecule has 3 fully saturated rings. The summed E-state index contributed by atoms with van der Waals surface area (Å²) in [7, 11) is 3.62. The van der Waals surface area contributed by atoms with Gasteiger partial charge in [-0.2, -0.15) is 4.98 Å². The summed E-state index contributed by atoms with van der Waals surface area (Å²) in [6, 6.07) is 3.38. The molecule has 4 rings (SSSR count). The molecule has 0 spiro atoms. The molecule has 0 aliphatic carbocycles. The van der Waals surface area contributed by atoms with Crippen molar-refractivity contribution in [3.05, 3.63) is 12.3 Å². The third kappa shape index (κ3) is 3.49. The Kier molecular flexibility index (Phi) is 4.98. The van der Waals surface area contributed by atoms with Crippen molar-refractivity contribution in [2.45, 2.75) is 56.7 Å². The normalized spacial score (nSPS) is 28.8. The summed E-state index contributed by atoms with van der Waals surface area (Å²) < 4.78 is 5.18. The first-order chi connectivity index (χ1) is 12.6. The van der Waals surface area contributed by atoms with Crippen molar-refractivity contribution in [2.75, 3.05) is 32.1 Å².